The number of aliphatic hydroxyl groups excluding tert-OH is 1. The van der Waals surface area contributed by atoms with E-state index < -0.39 is 17.3 Å². The van der Waals surface area contributed by atoms with Crippen LogP contribution in [-0.2, 0) is 26.5 Å². The van der Waals surface area contributed by atoms with E-state index in [0.29, 0.717) is 18.7 Å². The lowest BCUT2D eigenvalue weighted by atomic mass is 9.71. The lowest BCUT2D eigenvalue weighted by Crippen LogP contribution is -2.46. The average Bonchev–Trinajstić information content (AvgIpc) is 3.33. The van der Waals surface area contributed by atoms with Gasteiger partial charge in [-0.2, -0.15) is 0 Å². The second-order valence-corrected chi connectivity index (χ2v) is 10.8. The van der Waals surface area contributed by atoms with Gasteiger partial charge < -0.3 is 19.8 Å². The first kappa shape index (κ1) is 26.1. The van der Waals surface area contributed by atoms with Crippen LogP contribution in [0, 0.1) is 11.8 Å². The molecule has 0 bridgehead atoms. The number of carbonyl (C=O) groups excluding carboxylic acids is 2. The van der Waals surface area contributed by atoms with Gasteiger partial charge in [-0.25, -0.2) is 0 Å². The SMILES string of the molecule is C[C@@H]1[C@@H](C(C)(C)O)[C@H](CCO)O[C@@]12C(=O)N(Cc1cccc(N(C=O)c3ccccc3)c1)c1ccccc12. The molecule has 0 saturated carbocycles. The molecule has 1 saturated heterocycles. The Kier molecular flexibility index (Phi) is 6.86. The minimum absolute atomic E-state index is 0.0962. The predicted molar refractivity (Wildman–Crippen MR) is 146 cm³/mol. The maximum absolute atomic E-state index is 14.3. The Bertz CT molecular complexity index is 1320. The van der Waals surface area contributed by atoms with Gasteiger partial charge >= 0.3 is 0 Å². The number of fused-ring (bicyclic) bond motifs is 2. The summed E-state index contributed by atoms with van der Waals surface area (Å²) in [5.41, 5.74) is 1.51. The van der Waals surface area contributed by atoms with E-state index in [0.717, 1.165) is 28.9 Å². The highest BCUT2D eigenvalue weighted by Gasteiger charge is 2.65. The van der Waals surface area contributed by atoms with Gasteiger partial charge in [-0.3, -0.25) is 14.5 Å². The van der Waals surface area contributed by atoms with E-state index in [-0.39, 0.29) is 24.3 Å². The fraction of sp³-hybridized carbons (Fsp3) is 0.355. The molecule has 2 aliphatic rings. The number of amides is 2. The molecule has 7 heteroatoms. The van der Waals surface area contributed by atoms with E-state index in [4.69, 9.17) is 4.74 Å². The van der Waals surface area contributed by atoms with E-state index in [2.05, 4.69) is 0 Å². The molecule has 38 heavy (non-hydrogen) atoms. The molecular weight excluding hydrogens is 480 g/mol. The summed E-state index contributed by atoms with van der Waals surface area (Å²) in [6.45, 7) is 5.63. The molecule has 2 aliphatic heterocycles. The number of aliphatic hydroxyl groups is 2. The fourth-order valence-electron chi connectivity index (χ4n) is 6.43. The molecule has 2 amide bonds. The highest BCUT2D eigenvalue weighted by atomic mass is 16.5. The third-order valence-electron chi connectivity index (χ3n) is 7.97. The Morgan fingerprint density at radius 1 is 1.03 bits per heavy atom. The summed E-state index contributed by atoms with van der Waals surface area (Å²) < 4.78 is 6.58. The van der Waals surface area contributed by atoms with Crippen LogP contribution in [0.25, 0.3) is 0 Å². The van der Waals surface area contributed by atoms with E-state index in [1.807, 2.05) is 85.8 Å². The average molecular weight is 515 g/mol. The van der Waals surface area contributed by atoms with E-state index in [1.165, 1.54) is 0 Å². The molecule has 3 aromatic carbocycles. The number of nitrogens with zero attached hydrogens (tertiary/aromatic N) is 2. The maximum atomic E-state index is 14.3. The molecule has 198 valence electrons. The second kappa shape index (κ2) is 9.98. The minimum Gasteiger partial charge on any atom is -0.396 e. The Hall–Kier alpha value is -3.52. The van der Waals surface area contributed by atoms with Crippen LogP contribution in [0.3, 0.4) is 0 Å². The monoisotopic (exact) mass is 514 g/mol. The van der Waals surface area contributed by atoms with Crippen molar-refractivity contribution in [2.45, 2.75) is 51.0 Å². The number of ether oxygens (including phenoxy) is 1. The standard InChI is InChI=1S/C31H34N2O5/c1-21-28(30(2,3)37)27(16-17-34)38-31(21)25-14-7-8-15-26(25)32(29(31)36)19-22-10-9-13-24(18-22)33(20-35)23-11-5-4-6-12-23/h4-15,18,20-21,27-28,34,37H,16-17,19H2,1-3H3/t21-,27+,28-,31+/m1/s1. The predicted octanol–water partition coefficient (Wildman–Crippen LogP) is 4.53. The van der Waals surface area contributed by atoms with Gasteiger partial charge in [0.2, 0.25) is 6.41 Å². The Balaban J connectivity index is 1.52. The molecule has 2 N–H and O–H groups in total. The molecule has 0 unspecified atom stereocenters. The molecule has 1 fully saturated rings. The van der Waals surface area contributed by atoms with Gasteiger partial charge in [-0.05, 0) is 56.2 Å². The van der Waals surface area contributed by atoms with Gasteiger partial charge in [0.15, 0.2) is 5.60 Å². The second-order valence-electron chi connectivity index (χ2n) is 10.8. The minimum atomic E-state index is -1.25. The van der Waals surface area contributed by atoms with Crippen LogP contribution in [0.1, 0.15) is 38.3 Å². The van der Waals surface area contributed by atoms with Gasteiger partial charge in [0.05, 0.1) is 23.9 Å². The van der Waals surface area contributed by atoms with Crippen molar-refractivity contribution in [2.24, 2.45) is 11.8 Å². The molecule has 0 radical (unpaired) electrons. The Labute approximate surface area is 223 Å². The summed E-state index contributed by atoms with van der Waals surface area (Å²) in [6.07, 6.45) is 0.646. The summed E-state index contributed by atoms with van der Waals surface area (Å²) in [5.74, 6) is -0.851. The largest absolute Gasteiger partial charge is 0.396 e. The number of carbonyl (C=O) groups is 2. The van der Waals surface area contributed by atoms with Crippen LogP contribution in [-0.4, -0.2) is 40.8 Å². The van der Waals surface area contributed by atoms with Crippen molar-refractivity contribution in [1.29, 1.82) is 0 Å². The van der Waals surface area contributed by atoms with Gasteiger partial charge in [0, 0.05) is 35.4 Å². The summed E-state index contributed by atoms with van der Waals surface area (Å²) in [6, 6.07) is 24.6. The van der Waals surface area contributed by atoms with Crippen LogP contribution < -0.4 is 9.80 Å². The van der Waals surface area contributed by atoms with E-state index in [9.17, 15) is 19.8 Å². The molecule has 0 aromatic heterocycles. The van der Waals surface area contributed by atoms with E-state index >= 15 is 0 Å². The smallest absolute Gasteiger partial charge is 0.264 e. The summed E-state index contributed by atoms with van der Waals surface area (Å²) >= 11 is 0. The Morgan fingerprint density at radius 2 is 1.71 bits per heavy atom. The van der Waals surface area contributed by atoms with Gasteiger partial charge in [0.25, 0.3) is 5.91 Å². The van der Waals surface area contributed by atoms with Crippen molar-refractivity contribution in [3.63, 3.8) is 0 Å². The topological polar surface area (TPSA) is 90.3 Å². The molecule has 4 atom stereocenters. The molecule has 1 spiro atoms. The quantitative estimate of drug-likeness (QED) is 0.431. The van der Waals surface area contributed by atoms with Gasteiger partial charge in [-0.1, -0.05) is 55.5 Å². The lowest BCUT2D eigenvalue weighted by Gasteiger charge is -2.34. The first-order valence-electron chi connectivity index (χ1n) is 13.0. The van der Waals surface area contributed by atoms with Crippen molar-refractivity contribution >= 4 is 29.4 Å². The van der Waals surface area contributed by atoms with Gasteiger partial charge in [0.1, 0.15) is 0 Å². The summed E-state index contributed by atoms with van der Waals surface area (Å²) in [4.78, 5) is 29.6. The molecule has 3 aromatic rings. The van der Waals surface area contributed by atoms with Crippen LogP contribution in [0.4, 0.5) is 17.1 Å². The van der Waals surface area contributed by atoms with Gasteiger partial charge in [-0.15, -0.1) is 0 Å². The summed E-state index contributed by atoms with van der Waals surface area (Å²) in [5, 5.41) is 20.8. The van der Waals surface area contributed by atoms with Crippen molar-refractivity contribution < 1.29 is 24.5 Å². The number of rotatable bonds is 8. The highest BCUT2D eigenvalue weighted by molar-refractivity contribution is 6.07. The van der Waals surface area contributed by atoms with E-state index in [1.54, 1.807) is 23.6 Å². The molecule has 0 aliphatic carbocycles. The van der Waals surface area contributed by atoms with Crippen LogP contribution >= 0.6 is 0 Å². The van der Waals surface area contributed by atoms with Crippen LogP contribution in [0.15, 0.2) is 78.9 Å². The normalized spacial score (nSPS) is 24.6. The number of anilines is 3. The molecule has 7 nitrogen and oxygen atoms in total. The zero-order chi connectivity index (χ0) is 27.1. The third kappa shape index (κ3) is 4.21. The summed E-state index contributed by atoms with van der Waals surface area (Å²) in [7, 11) is 0. The van der Waals surface area contributed by atoms with Crippen molar-refractivity contribution in [1.82, 2.24) is 0 Å². The number of hydrogen-bond donors (Lipinski definition) is 2. The number of benzene rings is 3. The third-order valence-corrected chi connectivity index (χ3v) is 7.97. The Morgan fingerprint density at radius 3 is 2.39 bits per heavy atom. The molecular formula is C31H34N2O5. The zero-order valence-electron chi connectivity index (χ0n) is 21.9. The fourth-order valence-corrected chi connectivity index (χ4v) is 6.43. The molecule has 2 heterocycles. The highest BCUT2D eigenvalue weighted by Crippen LogP contribution is 2.57. The maximum Gasteiger partial charge on any atom is 0.264 e. The number of para-hydroxylation sites is 2. The molecule has 5 rings (SSSR count). The van der Waals surface area contributed by atoms with Crippen LogP contribution in [0.2, 0.25) is 0 Å². The van der Waals surface area contributed by atoms with Crippen molar-refractivity contribution in [3.8, 4) is 0 Å². The van der Waals surface area contributed by atoms with Crippen LogP contribution in [0.5, 0.6) is 0 Å². The van der Waals surface area contributed by atoms with Crippen molar-refractivity contribution in [3.05, 3.63) is 90.0 Å². The first-order valence-corrected chi connectivity index (χ1v) is 13.0. The zero-order valence-corrected chi connectivity index (χ0v) is 21.9. The lowest BCUT2D eigenvalue weighted by molar-refractivity contribution is -0.146. The van der Waals surface area contributed by atoms with Crippen molar-refractivity contribution in [2.75, 3.05) is 16.4 Å². The number of hydrogen-bond acceptors (Lipinski definition) is 5. The first-order chi connectivity index (χ1) is 18.2.